The highest BCUT2D eigenvalue weighted by Gasteiger charge is 2.23. The zero-order valence-corrected chi connectivity index (χ0v) is 17.6. The van der Waals surface area contributed by atoms with Crippen LogP contribution in [0.25, 0.3) is 11.1 Å². The molecule has 0 spiro atoms. The Kier molecular flexibility index (Phi) is 6.56. The van der Waals surface area contributed by atoms with Gasteiger partial charge in [-0.25, -0.2) is 0 Å². The Morgan fingerprint density at radius 3 is 2.59 bits per heavy atom. The molecule has 2 aromatic rings. The smallest absolute Gasteiger partial charge is 0.219 e. The standard InChI is InChI=1S/C21H25N5O2S/c1-14(27)26-9-8-20(23-2)19(13-26)21(22)25-17-6-4-15(5-7-17)16-10-18(29(3)28)12-24-11-16/h4-7,10-12,23H,8-9,13H2,1-3H3,(H2,22,25). The topological polar surface area (TPSA) is 104 Å². The van der Waals surface area contributed by atoms with Crippen molar-refractivity contribution in [1.29, 1.82) is 5.41 Å². The number of benzene rings is 1. The lowest BCUT2D eigenvalue weighted by molar-refractivity contribution is -0.128. The van der Waals surface area contributed by atoms with Crippen LogP contribution in [0.5, 0.6) is 0 Å². The second-order valence-electron chi connectivity index (χ2n) is 6.84. The van der Waals surface area contributed by atoms with Crippen LogP contribution in [-0.2, 0) is 16.0 Å². The van der Waals surface area contributed by atoms with Gasteiger partial charge in [-0.15, -0.1) is 0 Å². The lowest BCUT2D eigenvalue weighted by Crippen LogP contribution is -2.40. The molecule has 2 heterocycles. The average molecular weight is 412 g/mol. The van der Waals surface area contributed by atoms with Crippen molar-refractivity contribution in [3.8, 4) is 11.1 Å². The minimum absolute atomic E-state index is 0.0126. The minimum Gasteiger partial charge on any atom is -0.612 e. The second-order valence-corrected chi connectivity index (χ2v) is 8.22. The van der Waals surface area contributed by atoms with E-state index in [9.17, 15) is 9.35 Å². The summed E-state index contributed by atoms with van der Waals surface area (Å²) in [6.07, 6.45) is 5.68. The highest BCUT2D eigenvalue weighted by atomic mass is 32.2. The molecule has 0 bridgehead atoms. The van der Waals surface area contributed by atoms with Gasteiger partial charge in [-0.3, -0.25) is 15.2 Å². The van der Waals surface area contributed by atoms with Crippen LogP contribution >= 0.6 is 0 Å². The number of anilines is 1. The monoisotopic (exact) mass is 411 g/mol. The maximum atomic E-state index is 11.7. The van der Waals surface area contributed by atoms with E-state index in [1.165, 1.54) is 0 Å². The molecular weight excluding hydrogens is 386 g/mol. The number of nitrogens with one attached hydrogen (secondary N) is 3. The molecule has 0 fully saturated rings. The summed E-state index contributed by atoms with van der Waals surface area (Å²) in [5.74, 6) is 0.289. The molecular formula is C21H25N5O2S. The summed E-state index contributed by atoms with van der Waals surface area (Å²) in [6, 6.07) is 9.53. The van der Waals surface area contributed by atoms with Gasteiger partial charge in [-0.1, -0.05) is 12.1 Å². The van der Waals surface area contributed by atoms with Gasteiger partial charge in [-0.05, 0) is 28.9 Å². The van der Waals surface area contributed by atoms with E-state index >= 15 is 0 Å². The Balaban J connectivity index is 1.75. The second kappa shape index (κ2) is 9.11. The molecule has 29 heavy (non-hydrogen) atoms. The molecule has 1 amide bonds. The Morgan fingerprint density at radius 1 is 1.24 bits per heavy atom. The zero-order chi connectivity index (χ0) is 21.0. The summed E-state index contributed by atoms with van der Waals surface area (Å²) >= 11 is -1.08. The first-order valence-electron chi connectivity index (χ1n) is 9.29. The Hall–Kier alpha value is -2.84. The minimum atomic E-state index is -1.08. The number of hydrogen-bond donors (Lipinski definition) is 3. The van der Waals surface area contributed by atoms with Crippen molar-refractivity contribution >= 4 is 28.6 Å². The first kappa shape index (κ1) is 20.9. The molecule has 152 valence electrons. The Bertz CT molecular complexity index is 940. The van der Waals surface area contributed by atoms with Crippen LogP contribution in [-0.4, -0.2) is 52.6 Å². The molecule has 8 heteroatoms. The van der Waals surface area contributed by atoms with E-state index in [4.69, 9.17) is 5.41 Å². The lowest BCUT2D eigenvalue weighted by Gasteiger charge is -2.30. The molecule has 3 N–H and O–H groups in total. The maximum Gasteiger partial charge on any atom is 0.219 e. The zero-order valence-electron chi connectivity index (χ0n) is 16.8. The highest BCUT2D eigenvalue weighted by Crippen LogP contribution is 2.24. The van der Waals surface area contributed by atoms with Crippen LogP contribution < -0.4 is 10.6 Å². The third-order valence-corrected chi connectivity index (χ3v) is 5.81. The van der Waals surface area contributed by atoms with Gasteiger partial charge in [0.25, 0.3) is 0 Å². The fourth-order valence-corrected chi connectivity index (χ4v) is 3.74. The van der Waals surface area contributed by atoms with Gasteiger partial charge in [0, 0.05) is 61.7 Å². The normalized spacial score (nSPS) is 15.1. The molecule has 1 aromatic carbocycles. The predicted molar refractivity (Wildman–Crippen MR) is 116 cm³/mol. The number of rotatable bonds is 5. The first-order chi connectivity index (χ1) is 13.9. The number of amidine groups is 1. The number of aromatic nitrogens is 1. The van der Waals surface area contributed by atoms with Crippen LogP contribution in [0, 0.1) is 5.41 Å². The molecule has 3 rings (SSSR count). The van der Waals surface area contributed by atoms with Crippen LogP contribution in [0.1, 0.15) is 13.3 Å². The molecule has 1 aromatic heterocycles. The van der Waals surface area contributed by atoms with Crippen LogP contribution in [0.3, 0.4) is 0 Å². The fraction of sp³-hybridized carbons (Fsp3) is 0.286. The van der Waals surface area contributed by atoms with E-state index in [1.807, 2.05) is 37.4 Å². The quantitative estimate of drug-likeness (QED) is 0.399. The summed E-state index contributed by atoms with van der Waals surface area (Å²) < 4.78 is 11.7. The fourth-order valence-electron chi connectivity index (χ4n) is 3.24. The molecule has 0 radical (unpaired) electrons. The molecule has 0 saturated heterocycles. The van der Waals surface area contributed by atoms with E-state index in [-0.39, 0.29) is 11.7 Å². The SMILES string of the molecule is CNC1=C(C(=N)Nc2ccc(-c3cncc([S+](C)[O-])c3)cc2)CN(C(C)=O)CC1. The van der Waals surface area contributed by atoms with E-state index in [0.29, 0.717) is 24.4 Å². The number of amides is 1. The highest BCUT2D eigenvalue weighted by molar-refractivity contribution is 7.90. The summed E-state index contributed by atoms with van der Waals surface area (Å²) in [4.78, 5) is 18.3. The number of pyridine rings is 1. The van der Waals surface area contributed by atoms with E-state index in [0.717, 1.165) is 28.1 Å². The van der Waals surface area contributed by atoms with Crippen molar-refractivity contribution in [2.75, 3.05) is 31.7 Å². The third-order valence-electron chi connectivity index (χ3n) is 4.93. The maximum absolute atomic E-state index is 11.7. The summed E-state index contributed by atoms with van der Waals surface area (Å²) in [5.41, 5.74) is 4.40. The number of hydrogen-bond acceptors (Lipinski definition) is 5. The predicted octanol–water partition coefficient (Wildman–Crippen LogP) is 2.60. The first-order valence-corrected chi connectivity index (χ1v) is 10.8. The van der Waals surface area contributed by atoms with Gasteiger partial charge >= 0.3 is 0 Å². The van der Waals surface area contributed by atoms with Crippen molar-refractivity contribution in [2.24, 2.45) is 0 Å². The molecule has 1 aliphatic rings. The van der Waals surface area contributed by atoms with Gasteiger partial charge in [-0.2, -0.15) is 0 Å². The van der Waals surface area contributed by atoms with Gasteiger partial charge in [0.1, 0.15) is 12.1 Å². The van der Waals surface area contributed by atoms with Crippen molar-refractivity contribution < 1.29 is 9.35 Å². The van der Waals surface area contributed by atoms with E-state index in [1.54, 1.807) is 30.5 Å². The third kappa shape index (κ3) is 4.96. The summed E-state index contributed by atoms with van der Waals surface area (Å²) in [7, 11) is 1.84. The summed E-state index contributed by atoms with van der Waals surface area (Å²) in [6.45, 7) is 2.63. The Labute approximate surface area is 173 Å². The number of nitrogens with zero attached hydrogens (tertiary/aromatic N) is 2. The average Bonchev–Trinajstić information content (AvgIpc) is 2.73. The van der Waals surface area contributed by atoms with Gasteiger partial charge in [0.15, 0.2) is 4.90 Å². The van der Waals surface area contributed by atoms with Crippen molar-refractivity contribution in [1.82, 2.24) is 15.2 Å². The molecule has 0 aliphatic carbocycles. The van der Waals surface area contributed by atoms with Crippen molar-refractivity contribution in [3.05, 3.63) is 54.0 Å². The molecule has 1 unspecified atom stereocenters. The molecule has 7 nitrogen and oxygen atoms in total. The van der Waals surface area contributed by atoms with E-state index in [2.05, 4.69) is 15.6 Å². The molecule has 1 aliphatic heterocycles. The molecule has 1 atom stereocenters. The Morgan fingerprint density at radius 2 is 1.97 bits per heavy atom. The molecule has 0 saturated carbocycles. The van der Waals surface area contributed by atoms with Gasteiger partial charge in [0.2, 0.25) is 5.91 Å². The lowest BCUT2D eigenvalue weighted by atomic mass is 10.0. The number of carbonyl (C=O) groups is 1. The van der Waals surface area contributed by atoms with Crippen LogP contribution in [0.2, 0.25) is 0 Å². The van der Waals surface area contributed by atoms with Crippen molar-refractivity contribution in [3.63, 3.8) is 0 Å². The van der Waals surface area contributed by atoms with Crippen LogP contribution in [0.15, 0.2) is 58.9 Å². The van der Waals surface area contributed by atoms with Crippen LogP contribution in [0.4, 0.5) is 5.69 Å². The van der Waals surface area contributed by atoms with Gasteiger partial charge in [0.05, 0.1) is 12.7 Å². The van der Waals surface area contributed by atoms with E-state index < -0.39 is 11.2 Å². The number of carbonyl (C=O) groups excluding carboxylic acids is 1. The van der Waals surface area contributed by atoms with Crippen molar-refractivity contribution in [2.45, 2.75) is 18.2 Å². The largest absolute Gasteiger partial charge is 0.612 e. The summed E-state index contributed by atoms with van der Waals surface area (Å²) in [5, 5.41) is 14.8. The van der Waals surface area contributed by atoms with Gasteiger partial charge < -0.3 is 20.1 Å².